The molecule has 0 unspecified atom stereocenters. The van der Waals surface area contributed by atoms with E-state index < -0.39 is 0 Å². The van der Waals surface area contributed by atoms with Gasteiger partial charge in [0.15, 0.2) is 0 Å². The second-order valence-electron chi connectivity index (χ2n) is 5.25. The quantitative estimate of drug-likeness (QED) is 0.870. The minimum absolute atomic E-state index is 0.201. The summed E-state index contributed by atoms with van der Waals surface area (Å²) < 4.78 is 0. The Balaban J connectivity index is 1.85. The molecule has 1 amide bonds. The molecular weight excluding hydrogens is 238 g/mol. The zero-order valence-electron chi connectivity index (χ0n) is 11.3. The molecule has 0 saturated carbocycles. The number of benzene rings is 1. The van der Waals surface area contributed by atoms with Gasteiger partial charge in [-0.1, -0.05) is 12.1 Å². The first-order valence-electron chi connectivity index (χ1n) is 7.20. The van der Waals surface area contributed by atoms with Crippen LogP contribution in [0.5, 0.6) is 0 Å². The summed E-state index contributed by atoms with van der Waals surface area (Å²) in [5.41, 5.74) is 1.97. The first kappa shape index (κ1) is 12.5. The largest absolute Gasteiger partial charge is 0.368 e. The van der Waals surface area contributed by atoms with Crippen LogP contribution < -0.4 is 10.2 Å². The van der Waals surface area contributed by atoms with Gasteiger partial charge in [0, 0.05) is 45.0 Å². The van der Waals surface area contributed by atoms with Crippen LogP contribution in [-0.4, -0.2) is 50.1 Å². The van der Waals surface area contributed by atoms with Crippen molar-refractivity contribution in [2.75, 3.05) is 44.2 Å². The molecule has 19 heavy (non-hydrogen) atoms. The molecule has 2 heterocycles. The number of hydrogen-bond donors (Lipinski definition) is 1. The second kappa shape index (κ2) is 5.61. The molecule has 0 radical (unpaired) electrons. The van der Waals surface area contributed by atoms with Crippen LogP contribution in [0.4, 0.5) is 5.69 Å². The van der Waals surface area contributed by atoms with Gasteiger partial charge in [-0.05, 0) is 25.0 Å². The Morgan fingerprint density at radius 2 is 1.68 bits per heavy atom. The molecule has 0 spiro atoms. The second-order valence-corrected chi connectivity index (χ2v) is 5.25. The van der Waals surface area contributed by atoms with Crippen molar-refractivity contribution < 1.29 is 4.79 Å². The molecule has 4 heteroatoms. The zero-order chi connectivity index (χ0) is 13.1. The molecule has 1 aromatic carbocycles. The monoisotopic (exact) mass is 259 g/mol. The van der Waals surface area contributed by atoms with E-state index in [1.165, 1.54) is 0 Å². The number of carbonyl (C=O) groups is 1. The number of rotatable bonds is 2. The van der Waals surface area contributed by atoms with Crippen molar-refractivity contribution >= 4 is 11.6 Å². The van der Waals surface area contributed by atoms with Crippen LogP contribution in [0.25, 0.3) is 0 Å². The molecule has 102 valence electrons. The van der Waals surface area contributed by atoms with E-state index in [2.05, 4.69) is 16.3 Å². The van der Waals surface area contributed by atoms with Gasteiger partial charge >= 0.3 is 0 Å². The lowest BCUT2D eigenvalue weighted by molar-refractivity contribution is 0.0793. The number of carbonyl (C=O) groups excluding carboxylic acids is 1. The number of nitrogens with zero attached hydrogens (tertiary/aromatic N) is 2. The highest BCUT2D eigenvalue weighted by Crippen LogP contribution is 2.23. The molecule has 3 rings (SSSR count). The molecule has 0 bridgehead atoms. The molecule has 1 N–H and O–H groups in total. The molecule has 0 aromatic heterocycles. The van der Waals surface area contributed by atoms with E-state index in [4.69, 9.17) is 0 Å². The van der Waals surface area contributed by atoms with Crippen molar-refractivity contribution in [3.05, 3.63) is 29.8 Å². The lowest BCUT2D eigenvalue weighted by Crippen LogP contribution is -2.44. The summed E-state index contributed by atoms with van der Waals surface area (Å²) in [5.74, 6) is 0.201. The molecule has 2 aliphatic heterocycles. The van der Waals surface area contributed by atoms with Gasteiger partial charge in [0.1, 0.15) is 0 Å². The first-order chi connectivity index (χ1) is 9.36. The fourth-order valence-corrected chi connectivity index (χ4v) is 2.93. The predicted octanol–water partition coefficient (Wildman–Crippen LogP) is 1.33. The van der Waals surface area contributed by atoms with Crippen LogP contribution in [-0.2, 0) is 0 Å². The number of amides is 1. The van der Waals surface area contributed by atoms with Gasteiger partial charge in [0.05, 0.1) is 5.56 Å². The van der Waals surface area contributed by atoms with E-state index in [1.54, 1.807) is 0 Å². The predicted molar refractivity (Wildman–Crippen MR) is 76.7 cm³/mol. The lowest BCUT2D eigenvalue weighted by Gasteiger charge is -2.31. The standard InChI is InChI=1S/C15H21N3O/c19-15(18-9-3-4-10-18)13-5-1-2-6-14(13)17-11-7-16-8-12-17/h1-2,5-6,16H,3-4,7-12H2. The van der Waals surface area contributed by atoms with Gasteiger partial charge in [-0.25, -0.2) is 0 Å². The topological polar surface area (TPSA) is 35.6 Å². The van der Waals surface area contributed by atoms with Gasteiger partial charge in [0.2, 0.25) is 0 Å². The fraction of sp³-hybridized carbons (Fsp3) is 0.533. The highest BCUT2D eigenvalue weighted by Gasteiger charge is 2.23. The number of hydrogen-bond acceptors (Lipinski definition) is 3. The normalized spacial score (nSPS) is 19.8. The van der Waals surface area contributed by atoms with Crippen molar-refractivity contribution in [3.8, 4) is 0 Å². The summed E-state index contributed by atoms with van der Waals surface area (Å²) in [6, 6.07) is 8.04. The van der Waals surface area contributed by atoms with Gasteiger partial charge < -0.3 is 15.1 Å². The minimum Gasteiger partial charge on any atom is -0.368 e. The Bertz CT molecular complexity index is 448. The molecule has 1 aromatic rings. The first-order valence-corrected chi connectivity index (χ1v) is 7.20. The van der Waals surface area contributed by atoms with Crippen LogP contribution in [0.2, 0.25) is 0 Å². The molecule has 2 fully saturated rings. The van der Waals surface area contributed by atoms with Crippen molar-refractivity contribution in [1.29, 1.82) is 0 Å². The number of likely N-dealkylation sites (tertiary alicyclic amines) is 1. The number of para-hydroxylation sites is 1. The summed E-state index contributed by atoms with van der Waals surface area (Å²) in [6.45, 7) is 5.76. The molecular formula is C15H21N3O. The molecule has 2 saturated heterocycles. The summed E-state index contributed by atoms with van der Waals surface area (Å²) in [5, 5.41) is 3.35. The van der Waals surface area contributed by atoms with Crippen LogP contribution >= 0.6 is 0 Å². The van der Waals surface area contributed by atoms with Crippen LogP contribution in [0, 0.1) is 0 Å². The molecule has 2 aliphatic rings. The van der Waals surface area contributed by atoms with Crippen molar-refractivity contribution in [2.45, 2.75) is 12.8 Å². The van der Waals surface area contributed by atoms with Gasteiger partial charge in [-0.15, -0.1) is 0 Å². The summed E-state index contributed by atoms with van der Waals surface area (Å²) >= 11 is 0. The average Bonchev–Trinajstić information content (AvgIpc) is 3.02. The van der Waals surface area contributed by atoms with Crippen LogP contribution in [0.1, 0.15) is 23.2 Å². The minimum atomic E-state index is 0.201. The number of nitrogens with one attached hydrogen (secondary N) is 1. The maximum Gasteiger partial charge on any atom is 0.255 e. The van der Waals surface area contributed by atoms with E-state index in [1.807, 2.05) is 23.1 Å². The van der Waals surface area contributed by atoms with Crippen molar-refractivity contribution in [3.63, 3.8) is 0 Å². The highest BCUT2D eigenvalue weighted by molar-refractivity contribution is 6.00. The number of anilines is 1. The Labute approximate surface area is 114 Å². The van der Waals surface area contributed by atoms with E-state index in [9.17, 15) is 4.79 Å². The zero-order valence-corrected chi connectivity index (χ0v) is 11.3. The SMILES string of the molecule is O=C(c1ccccc1N1CCNCC1)N1CCCC1. The summed E-state index contributed by atoms with van der Waals surface area (Å²) in [6.07, 6.45) is 2.28. The third-order valence-electron chi connectivity index (χ3n) is 3.99. The maximum atomic E-state index is 12.6. The van der Waals surface area contributed by atoms with Gasteiger partial charge in [-0.2, -0.15) is 0 Å². The third-order valence-corrected chi connectivity index (χ3v) is 3.99. The van der Waals surface area contributed by atoms with Crippen molar-refractivity contribution in [2.24, 2.45) is 0 Å². The van der Waals surface area contributed by atoms with Crippen LogP contribution in [0.3, 0.4) is 0 Å². The fourth-order valence-electron chi connectivity index (χ4n) is 2.93. The van der Waals surface area contributed by atoms with E-state index in [-0.39, 0.29) is 5.91 Å². The van der Waals surface area contributed by atoms with E-state index in [0.29, 0.717) is 0 Å². The smallest absolute Gasteiger partial charge is 0.255 e. The lowest BCUT2D eigenvalue weighted by atomic mass is 10.1. The Hall–Kier alpha value is -1.55. The van der Waals surface area contributed by atoms with Crippen LogP contribution in [0.15, 0.2) is 24.3 Å². The summed E-state index contributed by atoms with van der Waals surface area (Å²) in [7, 11) is 0. The van der Waals surface area contributed by atoms with Crippen molar-refractivity contribution in [1.82, 2.24) is 10.2 Å². The maximum absolute atomic E-state index is 12.6. The van der Waals surface area contributed by atoms with E-state index >= 15 is 0 Å². The molecule has 0 aliphatic carbocycles. The Morgan fingerprint density at radius 3 is 2.42 bits per heavy atom. The third kappa shape index (κ3) is 2.59. The molecule has 4 nitrogen and oxygen atoms in total. The Morgan fingerprint density at radius 1 is 1.00 bits per heavy atom. The number of piperazine rings is 1. The molecule has 0 atom stereocenters. The summed E-state index contributed by atoms with van der Waals surface area (Å²) in [4.78, 5) is 16.9. The van der Waals surface area contributed by atoms with Gasteiger partial charge in [-0.3, -0.25) is 4.79 Å². The average molecular weight is 259 g/mol. The Kier molecular flexibility index (Phi) is 3.69. The van der Waals surface area contributed by atoms with Gasteiger partial charge in [0.25, 0.3) is 5.91 Å². The van der Waals surface area contributed by atoms with E-state index in [0.717, 1.165) is 63.4 Å². The highest BCUT2D eigenvalue weighted by atomic mass is 16.2.